The molecule has 24 heavy (non-hydrogen) atoms. The average molecular weight is 316 g/mol. The largest absolute Gasteiger partial charge is 0.461 e. The van der Waals surface area contributed by atoms with Gasteiger partial charge in [-0.15, -0.1) is 0 Å². The first kappa shape index (κ1) is 15.6. The molecule has 3 aromatic rings. The Balaban J connectivity index is 1.75. The minimum Gasteiger partial charge on any atom is -0.461 e. The molecule has 0 bridgehead atoms. The van der Waals surface area contributed by atoms with Gasteiger partial charge in [0.1, 0.15) is 11.5 Å². The summed E-state index contributed by atoms with van der Waals surface area (Å²) in [5.41, 5.74) is 2.98. The van der Waals surface area contributed by atoms with Crippen molar-refractivity contribution in [3.8, 4) is 17.4 Å². The third-order valence-electron chi connectivity index (χ3n) is 3.76. The van der Waals surface area contributed by atoms with Gasteiger partial charge in [-0.3, -0.25) is 4.79 Å². The normalized spacial score (nSPS) is 10.2. The highest BCUT2D eigenvalue weighted by molar-refractivity contribution is 5.96. The van der Waals surface area contributed by atoms with E-state index in [1.54, 1.807) is 25.1 Å². The molecule has 4 heteroatoms. The van der Waals surface area contributed by atoms with Crippen LogP contribution in [-0.4, -0.2) is 5.91 Å². The number of carbonyl (C=O) groups excluding carboxylic acids is 1. The van der Waals surface area contributed by atoms with Gasteiger partial charge < -0.3 is 9.73 Å². The Morgan fingerprint density at radius 2 is 1.83 bits per heavy atom. The van der Waals surface area contributed by atoms with E-state index in [1.165, 1.54) is 0 Å². The van der Waals surface area contributed by atoms with Crippen molar-refractivity contribution in [2.45, 2.75) is 13.5 Å². The van der Waals surface area contributed by atoms with Crippen LogP contribution in [0.25, 0.3) is 11.3 Å². The summed E-state index contributed by atoms with van der Waals surface area (Å²) in [4.78, 5) is 12.4. The Kier molecular flexibility index (Phi) is 4.44. The topological polar surface area (TPSA) is 66.0 Å². The molecule has 1 aromatic heterocycles. The van der Waals surface area contributed by atoms with Gasteiger partial charge in [0.05, 0.1) is 17.2 Å². The number of nitrogens with one attached hydrogen (secondary N) is 1. The van der Waals surface area contributed by atoms with E-state index in [2.05, 4.69) is 11.4 Å². The van der Waals surface area contributed by atoms with Crippen molar-refractivity contribution in [2.75, 3.05) is 0 Å². The zero-order valence-corrected chi connectivity index (χ0v) is 13.2. The van der Waals surface area contributed by atoms with Crippen LogP contribution < -0.4 is 5.32 Å². The Morgan fingerprint density at radius 1 is 1.12 bits per heavy atom. The Morgan fingerprint density at radius 3 is 2.50 bits per heavy atom. The van der Waals surface area contributed by atoms with Gasteiger partial charge in [-0.1, -0.05) is 30.3 Å². The summed E-state index contributed by atoms with van der Waals surface area (Å²) >= 11 is 0. The molecular weight excluding hydrogens is 300 g/mol. The molecule has 0 saturated heterocycles. The van der Waals surface area contributed by atoms with Crippen LogP contribution >= 0.6 is 0 Å². The summed E-state index contributed by atoms with van der Waals surface area (Å²) in [6, 6.07) is 20.6. The van der Waals surface area contributed by atoms with Gasteiger partial charge in [0.15, 0.2) is 0 Å². The number of rotatable bonds is 4. The summed E-state index contributed by atoms with van der Waals surface area (Å²) in [5, 5.41) is 11.7. The molecule has 0 spiro atoms. The molecule has 1 heterocycles. The lowest BCUT2D eigenvalue weighted by Gasteiger charge is -2.03. The van der Waals surface area contributed by atoms with Crippen molar-refractivity contribution in [1.82, 2.24) is 5.32 Å². The van der Waals surface area contributed by atoms with E-state index in [1.807, 2.05) is 42.5 Å². The molecule has 0 aliphatic heterocycles. The molecule has 0 saturated carbocycles. The van der Waals surface area contributed by atoms with Gasteiger partial charge in [-0.2, -0.15) is 5.26 Å². The monoisotopic (exact) mass is 316 g/mol. The van der Waals surface area contributed by atoms with Gasteiger partial charge in [-0.25, -0.2) is 0 Å². The number of benzene rings is 2. The minimum atomic E-state index is -0.167. The van der Waals surface area contributed by atoms with Crippen LogP contribution in [0.15, 0.2) is 65.1 Å². The highest BCUT2D eigenvalue weighted by Gasteiger charge is 2.15. The average Bonchev–Trinajstić information content (AvgIpc) is 3.02. The first-order valence-electron chi connectivity index (χ1n) is 7.60. The number of amides is 1. The number of hydrogen-bond donors (Lipinski definition) is 1. The molecule has 2 aromatic carbocycles. The van der Waals surface area contributed by atoms with Crippen molar-refractivity contribution in [1.29, 1.82) is 5.26 Å². The predicted molar refractivity (Wildman–Crippen MR) is 91.2 cm³/mol. The first-order valence-corrected chi connectivity index (χ1v) is 7.60. The molecule has 0 unspecified atom stereocenters. The van der Waals surface area contributed by atoms with Gasteiger partial charge >= 0.3 is 0 Å². The lowest BCUT2D eigenvalue weighted by molar-refractivity contribution is 0.0949. The first-order chi connectivity index (χ1) is 11.7. The Labute approximate surface area is 140 Å². The lowest BCUT2D eigenvalue weighted by Crippen LogP contribution is -2.22. The predicted octanol–water partition coefficient (Wildman–Crippen LogP) is 4.06. The second kappa shape index (κ2) is 6.84. The number of nitriles is 1. The summed E-state index contributed by atoms with van der Waals surface area (Å²) in [5.74, 6) is 1.02. The van der Waals surface area contributed by atoms with Crippen molar-refractivity contribution in [2.24, 2.45) is 0 Å². The molecule has 0 aliphatic carbocycles. The maximum atomic E-state index is 12.4. The highest BCUT2D eigenvalue weighted by atomic mass is 16.3. The highest BCUT2D eigenvalue weighted by Crippen LogP contribution is 2.25. The van der Waals surface area contributed by atoms with Crippen LogP contribution in [0.2, 0.25) is 0 Å². The number of aryl methyl sites for hydroxylation is 1. The van der Waals surface area contributed by atoms with Gasteiger partial charge in [0, 0.05) is 12.1 Å². The molecule has 0 aliphatic rings. The van der Waals surface area contributed by atoms with Crippen molar-refractivity contribution >= 4 is 5.91 Å². The van der Waals surface area contributed by atoms with E-state index in [-0.39, 0.29) is 5.91 Å². The minimum absolute atomic E-state index is 0.167. The molecule has 3 rings (SSSR count). The van der Waals surface area contributed by atoms with Crippen LogP contribution in [0, 0.1) is 18.3 Å². The zero-order chi connectivity index (χ0) is 16.9. The van der Waals surface area contributed by atoms with E-state index in [0.717, 1.165) is 11.1 Å². The molecule has 118 valence electrons. The fraction of sp³-hybridized carbons (Fsp3) is 0.100. The third kappa shape index (κ3) is 3.36. The smallest absolute Gasteiger partial charge is 0.255 e. The van der Waals surface area contributed by atoms with Crippen molar-refractivity contribution in [3.63, 3.8) is 0 Å². The fourth-order valence-electron chi connectivity index (χ4n) is 2.43. The molecule has 0 fully saturated rings. The second-order valence-electron chi connectivity index (χ2n) is 5.44. The standard InChI is InChI=1S/C20H16N2O2/c1-14-18(20(23)22-13-16-5-3-2-4-6-16)11-19(24-14)17-9-7-15(12-21)8-10-17/h2-11H,13H2,1H3,(H,22,23). The molecule has 1 amide bonds. The zero-order valence-electron chi connectivity index (χ0n) is 13.2. The maximum Gasteiger partial charge on any atom is 0.255 e. The number of furan rings is 1. The number of carbonyl (C=O) groups is 1. The van der Waals surface area contributed by atoms with Crippen molar-refractivity contribution < 1.29 is 9.21 Å². The molecule has 0 atom stereocenters. The number of hydrogen-bond acceptors (Lipinski definition) is 3. The molecule has 0 radical (unpaired) electrons. The maximum absolute atomic E-state index is 12.4. The molecule has 1 N–H and O–H groups in total. The summed E-state index contributed by atoms with van der Waals surface area (Å²) in [6.07, 6.45) is 0. The lowest BCUT2D eigenvalue weighted by atomic mass is 10.1. The van der Waals surface area contributed by atoms with E-state index in [9.17, 15) is 4.79 Å². The Bertz CT molecular complexity index is 888. The summed E-state index contributed by atoms with van der Waals surface area (Å²) < 4.78 is 5.70. The Hall–Kier alpha value is -3.32. The molecular formula is C20H16N2O2. The van der Waals surface area contributed by atoms with Crippen LogP contribution in [-0.2, 0) is 6.54 Å². The quantitative estimate of drug-likeness (QED) is 0.789. The molecule has 4 nitrogen and oxygen atoms in total. The summed E-state index contributed by atoms with van der Waals surface area (Å²) in [7, 11) is 0. The van der Waals surface area contributed by atoms with Crippen LogP contribution in [0.4, 0.5) is 0 Å². The summed E-state index contributed by atoms with van der Waals surface area (Å²) in [6.45, 7) is 2.24. The number of nitrogens with zero attached hydrogens (tertiary/aromatic N) is 1. The van der Waals surface area contributed by atoms with Crippen LogP contribution in [0.5, 0.6) is 0 Å². The van der Waals surface area contributed by atoms with E-state index < -0.39 is 0 Å². The van der Waals surface area contributed by atoms with Crippen molar-refractivity contribution in [3.05, 3.63) is 83.1 Å². The van der Waals surface area contributed by atoms with Gasteiger partial charge in [0.25, 0.3) is 5.91 Å². The fourth-order valence-corrected chi connectivity index (χ4v) is 2.43. The SMILES string of the molecule is Cc1oc(-c2ccc(C#N)cc2)cc1C(=O)NCc1ccccc1. The van der Waals surface area contributed by atoms with Crippen LogP contribution in [0.3, 0.4) is 0 Å². The van der Waals surface area contributed by atoms with E-state index >= 15 is 0 Å². The van der Waals surface area contributed by atoms with Crippen LogP contribution in [0.1, 0.15) is 27.2 Å². The van der Waals surface area contributed by atoms with E-state index in [4.69, 9.17) is 9.68 Å². The second-order valence-corrected chi connectivity index (χ2v) is 5.44. The van der Waals surface area contributed by atoms with Gasteiger partial charge in [-0.05, 0) is 42.8 Å². The third-order valence-corrected chi connectivity index (χ3v) is 3.76. The van der Waals surface area contributed by atoms with Gasteiger partial charge in [0.2, 0.25) is 0 Å². The van der Waals surface area contributed by atoms with E-state index in [0.29, 0.717) is 29.2 Å².